The third-order valence-corrected chi connectivity index (χ3v) is 2.60. The number of aryl methyl sites for hydroxylation is 1. The second-order valence-corrected chi connectivity index (χ2v) is 4.16. The Hall–Kier alpha value is -1.55. The lowest BCUT2D eigenvalue weighted by Gasteiger charge is -2.05. The monoisotopic (exact) mass is 251 g/mol. The molecule has 0 saturated carbocycles. The second-order valence-electron chi connectivity index (χ2n) is 4.16. The molecule has 100 valence electrons. The van der Waals surface area contributed by atoms with Gasteiger partial charge in [-0.15, -0.1) is 0 Å². The van der Waals surface area contributed by atoms with Gasteiger partial charge in [-0.3, -0.25) is 4.79 Å². The van der Waals surface area contributed by atoms with Gasteiger partial charge in [-0.1, -0.05) is 12.1 Å². The van der Waals surface area contributed by atoms with Crippen LogP contribution >= 0.6 is 0 Å². The smallest absolute Gasteiger partial charge is 0.306 e. The van der Waals surface area contributed by atoms with Crippen LogP contribution in [0.15, 0.2) is 24.3 Å². The lowest BCUT2D eigenvalue weighted by molar-refractivity contribution is -0.143. The molecule has 0 radical (unpaired) electrons. The summed E-state index contributed by atoms with van der Waals surface area (Å²) in [6.45, 7) is 1.19. The highest BCUT2D eigenvalue weighted by molar-refractivity contribution is 5.69. The zero-order valence-corrected chi connectivity index (χ0v) is 10.9. The Balaban J connectivity index is 2.11. The van der Waals surface area contributed by atoms with E-state index in [2.05, 4.69) is 0 Å². The highest BCUT2D eigenvalue weighted by Gasteiger charge is 2.03. The quantitative estimate of drug-likeness (QED) is 0.437. The molecular weight excluding hydrogens is 230 g/mol. The van der Waals surface area contributed by atoms with Crippen LogP contribution in [0.2, 0.25) is 0 Å². The van der Waals surface area contributed by atoms with Crippen LogP contribution in [0.25, 0.3) is 0 Å². The van der Waals surface area contributed by atoms with E-state index in [1.807, 2.05) is 24.3 Å². The number of unbranched alkanes of at least 4 members (excludes halogenated alkanes) is 1. The number of methoxy groups -OCH3 is 1. The maximum atomic E-state index is 11.4. The van der Waals surface area contributed by atoms with Gasteiger partial charge in [-0.2, -0.15) is 0 Å². The predicted octanol–water partition coefficient (Wildman–Crippen LogP) is 2.17. The highest BCUT2D eigenvalue weighted by atomic mass is 16.5. The molecule has 0 heterocycles. The molecule has 1 aromatic rings. The zero-order valence-electron chi connectivity index (χ0n) is 10.9. The molecule has 4 heteroatoms. The molecule has 2 N–H and O–H groups in total. The summed E-state index contributed by atoms with van der Waals surface area (Å²) in [5, 5.41) is 0. The standard InChI is InChI=1S/C14H21NO3/c1-17-10-2-3-11-18-14(16)9-6-12-4-7-13(15)8-5-12/h4-5,7-8H,2-3,6,9-11,15H2,1H3. The molecule has 1 aromatic carbocycles. The molecule has 0 fully saturated rings. The number of carbonyl (C=O) groups excluding carboxylic acids is 1. The molecule has 1 rings (SSSR count). The Kier molecular flexibility index (Phi) is 6.87. The maximum Gasteiger partial charge on any atom is 0.306 e. The molecule has 0 bridgehead atoms. The number of esters is 1. The Morgan fingerprint density at radius 2 is 1.83 bits per heavy atom. The molecule has 0 aliphatic rings. The van der Waals surface area contributed by atoms with Crippen LogP contribution in [0.3, 0.4) is 0 Å². The van der Waals surface area contributed by atoms with Crippen molar-refractivity contribution < 1.29 is 14.3 Å². The number of ether oxygens (including phenoxy) is 2. The number of hydrogen-bond donors (Lipinski definition) is 1. The van der Waals surface area contributed by atoms with Gasteiger partial charge in [0.05, 0.1) is 6.61 Å². The fourth-order valence-electron chi connectivity index (χ4n) is 1.54. The Morgan fingerprint density at radius 1 is 1.17 bits per heavy atom. The first-order valence-corrected chi connectivity index (χ1v) is 6.21. The van der Waals surface area contributed by atoms with Crippen molar-refractivity contribution in [1.82, 2.24) is 0 Å². The van der Waals surface area contributed by atoms with Crippen molar-refractivity contribution in [2.75, 3.05) is 26.1 Å². The Bertz CT molecular complexity index is 349. The van der Waals surface area contributed by atoms with E-state index in [0.717, 1.165) is 24.1 Å². The molecule has 0 saturated heterocycles. The average molecular weight is 251 g/mol. The summed E-state index contributed by atoms with van der Waals surface area (Å²) in [5.74, 6) is -0.149. The van der Waals surface area contributed by atoms with Crippen LogP contribution in [-0.2, 0) is 20.7 Å². The number of nitrogens with two attached hydrogens (primary N) is 1. The van der Waals surface area contributed by atoms with Gasteiger partial charge in [0.15, 0.2) is 0 Å². The first-order chi connectivity index (χ1) is 8.72. The first-order valence-electron chi connectivity index (χ1n) is 6.21. The van der Waals surface area contributed by atoms with Crippen molar-refractivity contribution in [3.05, 3.63) is 29.8 Å². The zero-order chi connectivity index (χ0) is 13.2. The molecule has 18 heavy (non-hydrogen) atoms. The summed E-state index contributed by atoms with van der Waals surface area (Å²) in [7, 11) is 1.67. The third-order valence-electron chi connectivity index (χ3n) is 2.60. The van der Waals surface area contributed by atoms with Crippen molar-refractivity contribution in [2.45, 2.75) is 25.7 Å². The number of hydrogen-bond acceptors (Lipinski definition) is 4. The third kappa shape index (κ3) is 6.25. The normalized spacial score (nSPS) is 10.3. The minimum absolute atomic E-state index is 0.149. The first kappa shape index (κ1) is 14.5. The SMILES string of the molecule is COCCCCOC(=O)CCc1ccc(N)cc1. The van der Waals surface area contributed by atoms with Gasteiger partial charge < -0.3 is 15.2 Å². The van der Waals surface area contributed by atoms with Crippen molar-refractivity contribution in [1.29, 1.82) is 0 Å². The van der Waals surface area contributed by atoms with Crippen molar-refractivity contribution in [2.24, 2.45) is 0 Å². The van der Waals surface area contributed by atoms with E-state index >= 15 is 0 Å². The van der Waals surface area contributed by atoms with E-state index in [4.69, 9.17) is 15.2 Å². The van der Waals surface area contributed by atoms with Crippen LogP contribution in [0.1, 0.15) is 24.8 Å². The number of rotatable bonds is 8. The van der Waals surface area contributed by atoms with Gasteiger partial charge in [-0.05, 0) is 37.0 Å². The summed E-state index contributed by atoms with van der Waals surface area (Å²) in [4.78, 5) is 11.4. The summed E-state index contributed by atoms with van der Waals surface area (Å²) in [6.07, 6.45) is 2.87. The minimum Gasteiger partial charge on any atom is -0.466 e. The molecule has 0 spiro atoms. The van der Waals surface area contributed by atoms with Gasteiger partial charge in [0.2, 0.25) is 0 Å². The van der Waals surface area contributed by atoms with Gasteiger partial charge >= 0.3 is 5.97 Å². The van der Waals surface area contributed by atoms with E-state index in [9.17, 15) is 4.79 Å². The average Bonchev–Trinajstić information content (AvgIpc) is 2.38. The topological polar surface area (TPSA) is 61.5 Å². The highest BCUT2D eigenvalue weighted by Crippen LogP contribution is 2.08. The van der Waals surface area contributed by atoms with Crippen LogP contribution in [-0.4, -0.2) is 26.3 Å². The molecule has 0 atom stereocenters. The van der Waals surface area contributed by atoms with Crippen LogP contribution in [0.5, 0.6) is 0 Å². The van der Waals surface area contributed by atoms with E-state index in [-0.39, 0.29) is 5.97 Å². The van der Waals surface area contributed by atoms with Crippen LogP contribution < -0.4 is 5.73 Å². The lowest BCUT2D eigenvalue weighted by Crippen LogP contribution is -2.07. The fourth-order valence-corrected chi connectivity index (χ4v) is 1.54. The summed E-state index contributed by atoms with van der Waals surface area (Å²) in [6, 6.07) is 7.54. The number of anilines is 1. The predicted molar refractivity (Wildman–Crippen MR) is 71.2 cm³/mol. The van der Waals surface area contributed by atoms with Crippen molar-refractivity contribution >= 4 is 11.7 Å². The molecule has 0 aliphatic heterocycles. The van der Waals surface area contributed by atoms with E-state index in [1.165, 1.54) is 0 Å². The van der Waals surface area contributed by atoms with E-state index in [1.54, 1.807) is 7.11 Å². The summed E-state index contributed by atoms with van der Waals surface area (Å²) < 4.78 is 10.0. The molecule has 0 aromatic heterocycles. The minimum atomic E-state index is -0.149. The lowest BCUT2D eigenvalue weighted by atomic mass is 10.1. The molecule has 4 nitrogen and oxygen atoms in total. The van der Waals surface area contributed by atoms with Gasteiger partial charge in [-0.25, -0.2) is 0 Å². The molecular formula is C14H21NO3. The van der Waals surface area contributed by atoms with Crippen molar-refractivity contribution in [3.8, 4) is 0 Å². The Morgan fingerprint density at radius 3 is 2.50 bits per heavy atom. The molecule has 0 unspecified atom stereocenters. The van der Waals surface area contributed by atoms with Crippen molar-refractivity contribution in [3.63, 3.8) is 0 Å². The summed E-state index contributed by atoms with van der Waals surface area (Å²) in [5.41, 5.74) is 7.42. The number of nitrogen functional groups attached to an aromatic ring is 1. The van der Waals surface area contributed by atoms with E-state index in [0.29, 0.717) is 26.1 Å². The second kappa shape index (κ2) is 8.53. The summed E-state index contributed by atoms with van der Waals surface area (Å²) >= 11 is 0. The Labute approximate surface area is 108 Å². The van der Waals surface area contributed by atoms with Crippen LogP contribution in [0.4, 0.5) is 5.69 Å². The maximum absolute atomic E-state index is 11.4. The largest absolute Gasteiger partial charge is 0.466 e. The fraction of sp³-hybridized carbons (Fsp3) is 0.500. The van der Waals surface area contributed by atoms with E-state index < -0.39 is 0 Å². The molecule has 0 aliphatic carbocycles. The van der Waals surface area contributed by atoms with Crippen LogP contribution in [0, 0.1) is 0 Å². The van der Waals surface area contributed by atoms with Gasteiger partial charge in [0.1, 0.15) is 0 Å². The number of carbonyl (C=O) groups is 1. The number of benzene rings is 1. The van der Waals surface area contributed by atoms with Gasteiger partial charge in [0, 0.05) is 25.8 Å². The van der Waals surface area contributed by atoms with Gasteiger partial charge in [0.25, 0.3) is 0 Å². The molecule has 0 amide bonds.